The molecular weight excluding hydrogens is 324 g/mol. The molecule has 0 radical (unpaired) electrons. The molecule has 1 aliphatic rings. The number of nitrogens with one attached hydrogen (secondary N) is 1. The number of nitrogens with zero attached hydrogens (tertiary/aromatic N) is 1. The average molecular weight is 353 g/mol. The Balaban J connectivity index is 2.11. The molecule has 5 nitrogen and oxygen atoms in total. The highest BCUT2D eigenvalue weighted by molar-refractivity contribution is 7.92. The molecule has 6 heteroatoms. The van der Waals surface area contributed by atoms with Crippen molar-refractivity contribution >= 4 is 21.6 Å². The summed E-state index contributed by atoms with van der Waals surface area (Å²) in [5, 5.41) is 3.06. The molecule has 24 heavy (non-hydrogen) atoms. The van der Waals surface area contributed by atoms with E-state index in [4.69, 9.17) is 0 Å². The maximum atomic E-state index is 12.7. The summed E-state index contributed by atoms with van der Waals surface area (Å²) in [4.78, 5) is 12.7. The van der Waals surface area contributed by atoms with Crippen molar-refractivity contribution in [3.63, 3.8) is 0 Å². The Morgan fingerprint density at radius 3 is 2.17 bits per heavy atom. The molecule has 1 aromatic carbocycles. The van der Waals surface area contributed by atoms with Crippen molar-refractivity contribution in [2.75, 3.05) is 10.6 Å². The van der Waals surface area contributed by atoms with Gasteiger partial charge in [0, 0.05) is 6.04 Å². The quantitative estimate of drug-likeness (QED) is 0.885. The number of para-hydroxylation sites is 1. The summed E-state index contributed by atoms with van der Waals surface area (Å²) in [6.45, 7) is 1.65. The largest absolute Gasteiger partial charge is 0.352 e. The number of carbonyl (C=O) groups is 1. The van der Waals surface area contributed by atoms with E-state index in [0.29, 0.717) is 5.69 Å². The Bertz CT molecular complexity index is 623. The summed E-state index contributed by atoms with van der Waals surface area (Å²) in [5.41, 5.74) is 0.514. The number of carbonyl (C=O) groups excluding carboxylic acids is 1. The van der Waals surface area contributed by atoms with Gasteiger partial charge in [0.15, 0.2) is 0 Å². The smallest absolute Gasteiger partial charge is 0.243 e. The Hall–Kier alpha value is -1.56. The van der Waals surface area contributed by atoms with Crippen LogP contribution in [0.25, 0.3) is 0 Å². The van der Waals surface area contributed by atoms with Gasteiger partial charge in [-0.25, -0.2) is 8.42 Å². The summed E-state index contributed by atoms with van der Waals surface area (Å²) in [7, 11) is -3.54. The number of rotatable bonds is 5. The van der Waals surface area contributed by atoms with Crippen molar-refractivity contribution in [3.05, 3.63) is 30.3 Å². The van der Waals surface area contributed by atoms with Gasteiger partial charge in [0.2, 0.25) is 15.9 Å². The highest BCUT2D eigenvalue weighted by Crippen LogP contribution is 2.21. The molecule has 0 saturated heterocycles. The molecule has 134 valence electrons. The molecule has 0 unspecified atom stereocenters. The van der Waals surface area contributed by atoms with Crippen LogP contribution in [0, 0.1) is 0 Å². The van der Waals surface area contributed by atoms with E-state index in [2.05, 4.69) is 5.32 Å². The molecular formula is C18H28N2O3S. The number of hydrogen-bond acceptors (Lipinski definition) is 3. The zero-order valence-corrected chi connectivity index (χ0v) is 15.4. The molecule has 0 heterocycles. The first-order valence-corrected chi connectivity index (χ1v) is 10.6. The molecule has 2 rings (SSSR count). The topological polar surface area (TPSA) is 66.5 Å². The number of amides is 1. The van der Waals surface area contributed by atoms with Crippen LogP contribution in [-0.4, -0.2) is 32.7 Å². The van der Waals surface area contributed by atoms with E-state index >= 15 is 0 Å². The van der Waals surface area contributed by atoms with E-state index in [1.807, 2.05) is 6.07 Å². The molecule has 0 aliphatic heterocycles. The molecule has 0 spiro atoms. The van der Waals surface area contributed by atoms with Gasteiger partial charge in [-0.2, -0.15) is 0 Å². The predicted molar refractivity (Wildman–Crippen MR) is 97.5 cm³/mol. The van der Waals surface area contributed by atoms with Crippen LogP contribution in [-0.2, 0) is 14.8 Å². The van der Waals surface area contributed by atoms with Crippen LogP contribution < -0.4 is 9.62 Å². The minimum absolute atomic E-state index is 0.150. The lowest BCUT2D eigenvalue weighted by molar-refractivity contribution is -0.122. The lowest BCUT2D eigenvalue weighted by Gasteiger charge is -2.30. The SMILES string of the molecule is C[C@@H](C(=O)NC1CCCCCCC1)N(c1ccccc1)S(C)(=O)=O. The standard InChI is InChI=1S/C18H28N2O3S/c1-15(18(21)19-16-11-7-4-3-5-8-12-16)20(24(2,22)23)17-13-9-6-10-14-17/h6,9-10,13-16H,3-5,7-8,11-12H2,1-2H3,(H,19,21)/t15-/m0/s1. The van der Waals surface area contributed by atoms with Crippen molar-refractivity contribution < 1.29 is 13.2 Å². The van der Waals surface area contributed by atoms with Crippen LogP contribution in [0.15, 0.2) is 30.3 Å². The van der Waals surface area contributed by atoms with Gasteiger partial charge in [-0.3, -0.25) is 9.10 Å². The van der Waals surface area contributed by atoms with Crippen molar-refractivity contribution in [1.82, 2.24) is 5.32 Å². The zero-order chi connectivity index (χ0) is 17.6. The molecule has 1 saturated carbocycles. The van der Waals surface area contributed by atoms with Crippen LogP contribution >= 0.6 is 0 Å². The van der Waals surface area contributed by atoms with E-state index in [9.17, 15) is 13.2 Å². The monoisotopic (exact) mass is 352 g/mol. The van der Waals surface area contributed by atoms with Crippen LogP contribution in [0.4, 0.5) is 5.69 Å². The lowest BCUT2D eigenvalue weighted by atomic mass is 9.96. The first-order valence-electron chi connectivity index (χ1n) is 8.74. The molecule has 1 atom stereocenters. The summed E-state index contributed by atoms with van der Waals surface area (Å²) < 4.78 is 25.6. The third-order valence-corrected chi connectivity index (χ3v) is 5.79. The maximum Gasteiger partial charge on any atom is 0.243 e. The third kappa shape index (κ3) is 5.23. The van der Waals surface area contributed by atoms with Crippen LogP contribution in [0.5, 0.6) is 0 Å². The fraction of sp³-hybridized carbons (Fsp3) is 0.611. The lowest BCUT2D eigenvalue weighted by Crippen LogP contribution is -2.50. The Kier molecular flexibility index (Phi) is 6.66. The molecule has 1 amide bonds. The minimum Gasteiger partial charge on any atom is -0.352 e. The highest BCUT2D eigenvalue weighted by Gasteiger charge is 2.30. The number of hydrogen-bond donors (Lipinski definition) is 1. The van der Waals surface area contributed by atoms with E-state index in [0.717, 1.165) is 31.9 Å². The van der Waals surface area contributed by atoms with Gasteiger partial charge in [-0.1, -0.05) is 50.3 Å². The molecule has 0 aromatic heterocycles. The average Bonchev–Trinajstić information content (AvgIpc) is 2.49. The number of benzene rings is 1. The molecule has 1 fully saturated rings. The minimum atomic E-state index is -3.54. The van der Waals surface area contributed by atoms with Crippen molar-refractivity contribution in [3.8, 4) is 0 Å². The van der Waals surface area contributed by atoms with E-state index in [1.54, 1.807) is 31.2 Å². The molecule has 1 aliphatic carbocycles. The Morgan fingerprint density at radius 1 is 1.08 bits per heavy atom. The van der Waals surface area contributed by atoms with Crippen molar-refractivity contribution in [1.29, 1.82) is 0 Å². The van der Waals surface area contributed by atoms with Gasteiger partial charge in [-0.05, 0) is 31.9 Å². The molecule has 0 bridgehead atoms. The van der Waals surface area contributed by atoms with Gasteiger partial charge < -0.3 is 5.32 Å². The second-order valence-electron chi connectivity index (χ2n) is 6.62. The summed E-state index contributed by atoms with van der Waals surface area (Å²) in [5.74, 6) is -0.227. The summed E-state index contributed by atoms with van der Waals surface area (Å²) in [6, 6.07) is 8.16. The third-order valence-electron chi connectivity index (χ3n) is 4.55. The van der Waals surface area contributed by atoms with Gasteiger partial charge >= 0.3 is 0 Å². The predicted octanol–water partition coefficient (Wildman–Crippen LogP) is 3.07. The van der Waals surface area contributed by atoms with Crippen molar-refractivity contribution in [2.24, 2.45) is 0 Å². The second kappa shape index (κ2) is 8.51. The number of sulfonamides is 1. The van der Waals surface area contributed by atoms with Gasteiger partial charge in [0.05, 0.1) is 11.9 Å². The fourth-order valence-electron chi connectivity index (χ4n) is 3.31. The zero-order valence-electron chi connectivity index (χ0n) is 14.6. The van der Waals surface area contributed by atoms with Gasteiger partial charge in [-0.15, -0.1) is 0 Å². The first-order chi connectivity index (χ1) is 11.4. The Morgan fingerprint density at radius 2 is 1.62 bits per heavy atom. The fourth-order valence-corrected chi connectivity index (χ4v) is 4.48. The maximum absolute atomic E-state index is 12.7. The van der Waals surface area contributed by atoms with Crippen LogP contribution in [0.1, 0.15) is 51.9 Å². The van der Waals surface area contributed by atoms with E-state index < -0.39 is 16.1 Å². The van der Waals surface area contributed by atoms with E-state index in [1.165, 1.54) is 23.6 Å². The molecule has 1 N–H and O–H groups in total. The van der Waals surface area contributed by atoms with Crippen molar-refractivity contribution in [2.45, 2.75) is 64.0 Å². The van der Waals surface area contributed by atoms with Gasteiger partial charge in [0.25, 0.3) is 0 Å². The highest BCUT2D eigenvalue weighted by atomic mass is 32.2. The summed E-state index contributed by atoms with van der Waals surface area (Å²) >= 11 is 0. The van der Waals surface area contributed by atoms with Crippen LogP contribution in [0.2, 0.25) is 0 Å². The Labute approximate surface area is 145 Å². The summed E-state index contributed by atoms with van der Waals surface area (Å²) in [6.07, 6.45) is 9.02. The first kappa shape index (κ1) is 18.8. The van der Waals surface area contributed by atoms with Gasteiger partial charge in [0.1, 0.15) is 6.04 Å². The van der Waals surface area contributed by atoms with Crippen LogP contribution in [0.3, 0.4) is 0 Å². The number of anilines is 1. The molecule has 1 aromatic rings. The normalized spacial score (nSPS) is 18.2. The second-order valence-corrected chi connectivity index (χ2v) is 8.48. The van der Waals surface area contributed by atoms with E-state index in [-0.39, 0.29) is 11.9 Å².